The second kappa shape index (κ2) is 4.58. The SMILES string of the molecule is CC(C)c1ccn(-c2nccnc2C(N)=S)n1. The molecule has 0 radical (unpaired) electrons. The largest absolute Gasteiger partial charge is 0.388 e. The first-order valence-corrected chi connectivity index (χ1v) is 5.67. The van der Waals surface area contributed by atoms with Gasteiger partial charge in [-0.1, -0.05) is 26.1 Å². The number of hydrogen-bond donors (Lipinski definition) is 1. The van der Waals surface area contributed by atoms with Gasteiger partial charge in [0, 0.05) is 18.6 Å². The summed E-state index contributed by atoms with van der Waals surface area (Å²) in [6.45, 7) is 4.16. The van der Waals surface area contributed by atoms with E-state index in [1.54, 1.807) is 17.1 Å². The zero-order valence-corrected chi connectivity index (χ0v) is 10.5. The third-order valence-electron chi connectivity index (χ3n) is 2.33. The van der Waals surface area contributed by atoms with Gasteiger partial charge in [0.15, 0.2) is 5.82 Å². The summed E-state index contributed by atoms with van der Waals surface area (Å²) in [4.78, 5) is 8.55. The van der Waals surface area contributed by atoms with Gasteiger partial charge in [-0.25, -0.2) is 14.6 Å². The fraction of sp³-hybridized carbons (Fsp3) is 0.273. The molecule has 17 heavy (non-hydrogen) atoms. The fourth-order valence-electron chi connectivity index (χ4n) is 1.44. The molecule has 0 aliphatic heterocycles. The molecule has 2 aromatic rings. The highest BCUT2D eigenvalue weighted by Gasteiger charge is 2.12. The Hall–Kier alpha value is -1.82. The van der Waals surface area contributed by atoms with Gasteiger partial charge in [0.2, 0.25) is 0 Å². The summed E-state index contributed by atoms with van der Waals surface area (Å²) in [5, 5.41) is 4.42. The second-order valence-electron chi connectivity index (χ2n) is 3.93. The maximum atomic E-state index is 5.61. The van der Waals surface area contributed by atoms with Crippen molar-refractivity contribution in [2.24, 2.45) is 5.73 Å². The summed E-state index contributed by atoms with van der Waals surface area (Å²) < 4.78 is 1.65. The van der Waals surface area contributed by atoms with Crippen LogP contribution in [0.3, 0.4) is 0 Å². The highest BCUT2D eigenvalue weighted by Crippen LogP contribution is 2.14. The van der Waals surface area contributed by atoms with Crippen molar-refractivity contribution in [3.63, 3.8) is 0 Å². The number of nitrogens with zero attached hydrogens (tertiary/aromatic N) is 4. The lowest BCUT2D eigenvalue weighted by molar-refractivity contribution is 0.754. The van der Waals surface area contributed by atoms with Crippen LogP contribution in [0.4, 0.5) is 0 Å². The lowest BCUT2D eigenvalue weighted by Gasteiger charge is -2.05. The van der Waals surface area contributed by atoms with Crippen LogP contribution in [-0.2, 0) is 0 Å². The van der Waals surface area contributed by atoms with Crippen molar-refractivity contribution in [1.82, 2.24) is 19.7 Å². The Balaban J connectivity index is 2.49. The van der Waals surface area contributed by atoms with Gasteiger partial charge in [0.1, 0.15) is 10.7 Å². The molecule has 0 unspecified atom stereocenters. The molecular formula is C11H13N5S. The van der Waals surface area contributed by atoms with E-state index in [-0.39, 0.29) is 4.99 Å². The molecular weight excluding hydrogens is 234 g/mol. The maximum absolute atomic E-state index is 5.61. The van der Waals surface area contributed by atoms with Gasteiger partial charge in [-0.2, -0.15) is 5.10 Å². The summed E-state index contributed by atoms with van der Waals surface area (Å²) in [6, 6.07) is 1.95. The molecule has 6 heteroatoms. The number of aromatic nitrogens is 4. The van der Waals surface area contributed by atoms with E-state index in [2.05, 4.69) is 28.9 Å². The summed E-state index contributed by atoms with van der Waals surface area (Å²) in [5.74, 6) is 0.924. The predicted octanol–water partition coefficient (Wildman–Crippen LogP) is 1.42. The van der Waals surface area contributed by atoms with Gasteiger partial charge in [-0.3, -0.25) is 0 Å². The van der Waals surface area contributed by atoms with E-state index in [0.29, 0.717) is 17.4 Å². The molecule has 0 atom stereocenters. The summed E-state index contributed by atoms with van der Waals surface area (Å²) >= 11 is 4.94. The second-order valence-corrected chi connectivity index (χ2v) is 4.37. The highest BCUT2D eigenvalue weighted by atomic mass is 32.1. The van der Waals surface area contributed by atoms with Gasteiger partial charge in [0.05, 0.1) is 5.69 Å². The van der Waals surface area contributed by atoms with Crippen LogP contribution in [0.5, 0.6) is 0 Å². The van der Waals surface area contributed by atoms with Gasteiger partial charge in [-0.15, -0.1) is 0 Å². The lowest BCUT2D eigenvalue weighted by atomic mass is 10.1. The molecule has 0 aromatic carbocycles. The smallest absolute Gasteiger partial charge is 0.182 e. The molecule has 0 saturated carbocycles. The highest BCUT2D eigenvalue weighted by molar-refractivity contribution is 7.80. The van der Waals surface area contributed by atoms with Gasteiger partial charge < -0.3 is 5.73 Å². The Morgan fingerprint density at radius 2 is 2.06 bits per heavy atom. The van der Waals surface area contributed by atoms with Crippen LogP contribution in [0.15, 0.2) is 24.7 Å². The zero-order chi connectivity index (χ0) is 12.4. The minimum absolute atomic E-state index is 0.217. The van der Waals surface area contributed by atoms with E-state index in [9.17, 15) is 0 Å². The van der Waals surface area contributed by atoms with Crippen molar-refractivity contribution < 1.29 is 0 Å². The molecule has 2 rings (SSSR count). The minimum Gasteiger partial charge on any atom is -0.388 e. The monoisotopic (exact) mass is 247 g/mol. The van der Waals surface area contributed by atoms with Crippen LogP contribution in [0.2, 0.25) is 0 Å². The molecule has 0 saturated heterocycles. The van der Waals surface area contributed by atoms with E-state index in [1.807, 2.05) is 12.3 Å². The molecule has 5 nitrogen and oxygen atoms in total. The van der Waals surface area contributed by atoms with E-state index in [0.717, 1.165) is 5.69 Å². The van der Waals surface area contributed by atoms with Gasteiger partial charge in [0.25, 0.3) is 0 Å². The quantitative estimate of drug-likeness (QED) is 0.831. The summed E-state index contributed by atoms with van der Waals surface area (Å²) in [5.41, 5.74) is 7.08. The predicted molar refractivity (Wildman–Crippen MR) is 69.1 cm³/mol. The van der Waals surface area contributed by atoms with Crippen LogP contribution in [0.25, 0.3) is 5.82 Å². The summed E-state index contributed by atoms with van der Waals surface area (Å²) in [7, 11) is 0. The standard InChI is InChI=1S/C11H13N5S/c1-7(2)8-3-6-16(15-8)11-9(10(12)17)13-4-5-14-11/h3-7H,1-2H3,(H2,12,17). The number of rotatable bonds is 3. The third kappa shape index (κ3) is 2.31. The van der Waals surface area contributed by atoms with E-state index >= 15 is 0 Å². The first kappa shape index (κ1) is 11.7. The van der Waals surface area contributed by atoms with Crippen LogP contribution in [-0.4, -0.2) is 24.7 Å². The van der Waals surface area contributed by atoms with Gasteiger partial charge >= 0.3 is 0 Å². The molecule has 2 aromatic heterocycles. The minimum atomic E-state index is 0.217. The van der Waals surface area contributed by atoms with E-state index in [4.69, 9.17) is 18.0 Å². The average Bonchev–Trinajstić information content (AvgIpc) is 2.78. The molecule has 88 valence electrons. The number of hydrogen-bond acceptors (Lipinski definition) is 4. The molecule has 0 fully saturated rings. The number of thiocarbonyl (C=S) groups is 1. The van der Waals surface area contributed by atoms with Crippen LogP contribution in [0.1, 0.15) is 31.2 Å². The zero-order valence-electron chi connectivity index (χ0n) is 9.66. The molecule has 0 spiro atoms. The first-order chi connectivity index (χ1) is 8.09. The maximum Gasteiger partial charge on any atom is 0.182 e. The Morgan fingerprint density at radius 1 is 1.35 bits per heavy atom. The topological polar surface area (TPSA) is 69.6 Å². The van der Waals surface area contributed by atoms with Crippen molar-refractivity contribution in [2.75, 3.05) is 0 Å². The van der Waals surface area contributed by atoms with Crippen LogP contribution in [0, 0.1) is 0 Å². The Kier molecular flexibility index (Phi) is 3.14. The molecule has 0 aliphatic carbocycles. The molecule has 2 N–H and O–H groups in total. The molecule has 0 aliphatic rings. The van der Waals surface area contributed by atoms with Crippen molar-refractivity contribution in [1.29, 1.82) is 0 Å². The Morgan fingerprint density at radius 3 is 2.65 bits per heavy atom. The number of nitrogens with two attached hydrogens (primary N) is 1. The fourth-order valence-corrected chi connectivity index (χ4v) is 1.58. The Labute approximate surface area is 105 Å². The van der Waals surface area contributed by atoms with Crippen molar-refractivity contribution in [3.05, 3.63) is 36.0 Å². The van der Waals surface area contributed by atoms with Gasteiger partial charge in [-0.05, 0) is 12.0 Å². The van der Waals surface area contributed by atoms with E-state index < -0.39 is 0 Å². The summed E-state index contributed by atoms with van der Waals surface area (Å²) in [6.07, 6.45) is 4.99. The Bertz CT molecular complexity index is 546. The van der Waals surface area contributed by atoms with Crippen LogP contribution >= 0.6 is 12.2 Å². The van der Waals surface area contributed by atoms with Crippen LogP contribution < -0.4 is 5.73 Å². The third-order valence-corrected chi connectivity index (χ3v) is 2.52. The average molecular weight is 247 g/mol. The molecule has 0 amide bonds. The lowest BCUT2D eigenvalue weighted by Crippen LogP contribution is -2.17. The molecule has 2 heterocycles. The van der Waals surface area contributed by atoms with Crippen molar-refractivity contribution in [3.8, 4) is 5.82 Å². The van der Waals surface area contributed by atoms with Crippen molar-refractivity contribution in [2.45, 2.75) is 19.8 Å². The van der Waals surface area contributed by atoms with Crippen molar-refractivity contribution >= 4 is 17.2 Å². The normalized spacial score (nSPS) is 10.8. The van der Waals surface area contributed by atoms with E-state index in [1.165, 1.54) is 0 Å². The molecule has 0 bridgehead atoms. The first-order valence-electron chi connectivity index (χ1n) is 5.26.